The predicted molar refractivity (Wildman–Crippen MR) is 106 cm³/mol. The Labute approximate surface area is 163 Å². The number of carbonyl (C=O) groups is 2. The molecule has 0 radical (unpaired) electrons. The van der Waals surface area contributed by atoms with Crippen molar-refractivity contribution in [1.82, 2.24) is 0 Å². The number of hydrogen-bond donors (Lipinski definition) is 1. The second kappa shape index (κ2) is 8.10. The summed E-state index contributed by atoms with van der Waals surface area (Å²) in [6, 6.07) is 13.2. The maximum absolute atomic E-state index is 12.1. The Morgan fingerprint density at radius 3 is 2.26 bits per heavy atom. The Bertz CT molecular complexity index is 941. The Balaban J connectivity index is 1.53. The van der Waals surface area contributed by atoms with Crippen LogP contribution in [0.15, 0.2) is 48.5 Å². The molecule has 0 aromatic heterocycles. The van der Waals surface area contributed by atoms with E-state index in [1.54, 1.807) is 48.5 Å². The van der Waals surface area contributed by atoms with E-state index in [-0.39, 0.29) is 30.3 Å². The van der Waals surface area contributed by atoms with Crippen LogP contribution in [-0.4, -0.2) is 32.4 Å². The van der Waals surface area contributed by atoms with Crippen molar-refractivity contribution in [2.24, 2.45) is 0 Å². The fourth-order valence-electron chi connectivity index (χ4n) is 2.87. The molecule has 0 saturated carbocycles. The van der Waals surface area contributed by atoms with Gasteiger partial charge in [0.1, 0.15) is 0 Å². The van der Waals surface area contributed by atoms with E-state index in [0.717, 1.165) is 0 Å². The van der Waals surface area contributed by atoms with Crippen LogP contribution < -0.4 is 9.62 Å². The van der Waals surface area contributed by atoms with Gasteiger partial charge in [0.15, 0.2) is 5.78 Å². The molecule has 2 aromatic rings. The van der Waals surface area contributed by atoms with Crippen LogP contribution >= 0.6 is 11.6 Å². The number of halogens is 1. The molecule has 1 aliphatic rings. The van der Waals surface area contributed by atoms with Crippen molar-refractivity contribution in [2.45, 2.75) is 19.3 Å². The zero-order chi connectivity index (χ0) is 19.4. The van der Waals surface area contributed by atoms with Crippen LogP contribution in [0.5, 0.6) is 0 Å². The van der Waals surface area contributed by atoms with Crippen LogP contribution in [0.2, 0.25) is 5.02 Å². The molecular weight excluding hydrogens is 388 g/mol. The molecule has 1 heterocycles. The van der Waals surface area contributed by atoms with Crippen LogP contribution in [0.3, 0.4) is 0 Å². The van der Waals surface area contributed by atoms with E-state index in [4.69, 9.17) is 11.6 Å². The van der Waals surface area contributed by atoms with Crippen molar-refractivity contribution in [3.63, 3.8) is 0 Å². The van der Waals surface area contributed by atoms with Gasteiger partial charge in [-0.1, -0.05) is 11.6 Å². The molecule has 0 spiro atoms. The fraction of sp³-hybridized carbons (Fsp3) is 0.263. The minimum absolute atomic E-state index is 0.0592. The summed E-state index contributed by atoms with van der Waals surface area (Å²) in [4.78, 5) is 24.1. The van der Waals surface area contributed by atoms with Crippen molar-refractivity contribution < 1.29 is 18.0 Å². The van der Waals surface area contributed by atoms with E-state index in [2.05, 4.69) is 5.32 Å². The maximum atomic E-state index is 12.1. The van der Waals surface area contributed by atoms with Gasteiger partial charge in [-0.15, -0.1) is 0 Å². The molecule has 27 heavy (non-hydrogen) atoms. The molecule has 1 fully saturated rings. The topological polar surface area (TPSA) is 83.6 Å². The van der Waals surface area contributed by atoms with Crippen LogP contribution in [0.25, 0.3) is 0 Å². The Morgan fingerprint density at radius 2 is 1.67 bits per heavy atom. The molecule has 0 bridgehead atoms. The van der Waals surface area contributed by atoms with Crippen molar-refractivity contribution in [3.8, 4) is 0 Å². The number of ketones is 1. The number of amides is 1. The molecule has 0 aliphatic carbocycles. The SMILES string of the molecule is O=C(CCC(=O)c1ccc(Cl)cc1)Nc1ccc(N2CCCS2(=O)=O)cc1. The highest BCUT2D eigenvalue weighted by Gasteiger charge is 2.28. The van der Waals surface area contributed by atoms with Gasteiger partial charge in [0.05, 0.1) is 11.4 Å². The lowest BCUT2D eigenvalue weighted by Gasteiger charge is -2.17. The van der Waals surface area contributed by atoms with Gasteiger partial charge in [-0.25, -0.2) is 8.42 Å². The van der Waals surface area contributed by atoms with E-state index in [1.807, 2.05) is 0 Å². The summed E-state index contributed by atoms with van der Waals surface area (Å²) in [7, 11) is -3.22. The molecule has 1 amide bonds. The summed E-state index contributed by atoms with van der Waals surface area (Å²) in [5, 5.41) is 3.27. The third kappa shape index (κ3) is 4.87. The van der Waals surface area contributed by atoms with Crippen molar-refractivity contribution in [3.05, 3.63) is 59.1 Å². The zero-order valence-electron chi connectivity index (χ0n) is 14.5. The lowest BCUT2D eigenvalue weighted by Crippen LogP contribution is -2.25. The van der Waals surface area contributed by atoms with Gasteiger partial charge in [-0.2, -0.15) is 0 Å². The summed E-state index contributed by atoms with van der Waals surface area (Å²) in [5.41, 5.74) is 1.66. The third-order valence-electron chi connectivity index (χ3n) is 4.28. The van der Waals surface area contributed by atoms with E-state index in [1.165, 1.54) is 4.31 Å². The van der Waals surface area contributed by atoms with Gasteiger partial charge >= 0.3 is 0 Å². The van der Waals surface area contributed by atoms with E-state index >= 15 is 0 Å². The summed E-state index contributed by atoms with van der Waals surface area (Å²) >= 11 is 5.79. The number of benzene rings is 2. The number of carbonyl (C=O) groups excluding carboxylic acids is 2. The standard InChI is InChI=1S/C19H19ClN2O4S/c20-15-4-2-14(3-5-15)18(23)10-11-19(24)21-16-6-8-17(9-7-16)22-12-1-13-27(22,25)26/h2-9H,1,10-13H2,(H,21,24). The quantitative estimate of drug-likeness (QED) is 0.744. The predicted octanol–water partition coefficient (Wildman–Crippen LogP) is 3.48. The molecule has 3 rings (SSSR count). The number of Topliss-reactive ketones (excluding diaryl/α,β-unsaturated/α-hetero) is 1. The average molecular weight is 407 g/mol. The van der Waals surface area contributed by atoms with Gasteiger partial charge in [-0.05, 0) is 55.0 Å². The number of nitrogens with zero attached hydrogens (tertiary/aromatic N) is 1. The summed E-state index contributed by atoms with van der Waals surface area (Å²) in [5.74, 6) is -0.247. The molecule has 1 N–H and O–H groups in total. The second-order valence-corrected chi connectivity index (χ2v) is 8.72. The minimum Gasteiger partial charge on any atom is -0.326 e. The van der Waals surface area contributed by atoms with Crippen molar-refractivity contribution >= 4 is 44.7 Å². The summed E-state index contributed by atoms with van der Waals surface area (Å²) in [6.07, 6.45) is 0.768. The molecule has 0 unspecified atom stereocenters. The molecule has 1 aliphatic heterocycles. The molecular formula is C19H19ClN2O4S. The van der Waals surface area contributed by atoms with Gasteiger partial charge in [-0.3, -0.25) is 13.9 Å². The van der Waals surface area contributed by atoms with Gasteiger partial charge in [0.25, 0.3) is 0 Å². The molecule has 142 valence electrons. The lowest BCUT2D eigenvalue weighted by molar-refractivity contribution is -0.116. The normalized spacial score (nSPS) is 15.5. The highest BCUT2D eigenvalue weighted by molar-refractivity contribution is 7.93. The van der Waals surface area contributed by atoms with E-state index in [0.29, 0.717) is 34.9 Å². The van der Waals surface area contributed by atoms with Gasteiger partial charge in [0.2, 0.25) is 15.9 Å². The minimum atomic E-state index is -3.22. The van der Waals surface area contributed by atoms with E-state index < -0.39 is 10.0 Å². The van der Waals surface area contributed by atoms with Crippen LogP contribution in [-0.2, 0) is 14.8 Å². The number of nitrogens with one attached hydrogen (secondary N) is 1. The van der Waals surface area contributed by atoms with Crippen molar-refractivity contribution in [1.29, 1.82) is 0 Å². The van der Waals surface area contributed by atoms with Crippen LogP contribution in [0.1, 0.15) is 29.6 Å². The Kier molecular flexibility index (Phi) is 5.82. The fourth-order valence-corrected chi connectivity index (χ4v) is 4.56. The Morgan fingerprint density at radius 1 is 1.00 bits per heavy atom. The molecule has 0 atom stereocenters. The first-order valence-corrected chi connectivity index (χ1v) is 10.5. The number of anilines is 2. The largest absolute Gasteiger partial charge is 0.326 e. The molecule has 1 saturated heterocycles. The monoisotopic (exact) mass is 406 g/mol. The van der Waals surface area contributed by atoms with E-state index in [9.17, 15) is 18.0 Å². The highest BCUT2D eigenvalue weighted by atomic mass is 35.5. The second-order valence-electron chi connectivity index (χ2n) is 6.27. The average Bonchev–Trinajstić information content (AvgIpc) is 3.00. The van der Waals surface area contributed by atoms with Gasteiger partial charge in [0, 0.05) is 35.7 Å². The number of rotatable bonds is 6. The van der Waals surface area contributed by atoms with Crippen LogP contribution in [0.4, 0.5) is 11.4 Å². The summed E-state index contributed by atoms with van der Waals surface area (Å²) in [6.45, 7) is 0.473. The van der Waals surface area contributed by atoms with Crippen LogP contribution in [0, 0.1) is 0 Å². The lowest BCUT2D eigenvalue weighted by atomic mass is 10.1. The third-order valence-corrected chi connectivity index (χ3v) is 6.41. The number of hydrogen-bond acceptors (Lipinski definition) is 4. The first-order chi connectivity index (χ1) is 12.8. The summed E-state index contributed by atoms with van der Waals surface area (Å²) < 4.78 is 25.2. The molecule has 6 nitrogen and oxygen atoms in total. The van der Waals surface area contributed by atoms with Gasteiger partial charge < -0.3 is 5.32 Å². The molecule has 8 heteroatoms. The first kappa shape index (κ1) is 19.4. The zero-order valence-corrected chi connectivity index (χ0v) is 16.1. The van der Waals surface area contributed by atoms with Crippen molar-refractivity contribution in [2.75, 3.05) is 21.9 Å². The maximum Gasteiger partial charge on any atom is 0.235 e. The first-order valence-electron chi connectivity index (χ1n) is 8.54. The smallest absolute Gasteiger partial charge is 0.235 e. The number of sulfonamides is 1. The Hall–Kier alpha value is -2.38. The highest BCUT2D eigenvalue weighted by Crippen LogP contribution is 2.25. The molecule has 2 aromatic carbocycles.